The van der Waals surface area contributed by atoms with E-state index in [2.05, 4.69) is 21.3 Å². The topological polar surface area (TPSA) is 193 Å². The van der Waals surface area contributed by atoms with Gasteiger partial charge in [-0.2, -0.15) is 0 Å². The van der Waals surface area contributed by atoms with Gasteiger partial charge in [-0.1, -0.05) is 0 Å². The molecule has 0 bridgehead atoms. The fourth-order valence-electron chi connectivity index (χ4n) is 5.58. The van der Waals surface area contributed by atoms with Gasteiger partial charge in [0.2, 0.25) is 0 Å². The number of urea groups is 2. The van der Waals surface area contributed by atoms with E-state index in [0.717, 1.165) is 0 Å². The predicted molar refractivity (Wildman–Crippen MR) is 234 cm³/mol. The third-order valence-electron chi connectivity index (χ3n) is 7.68. The Labute approximate surface area is 355 Å². The Morgan fingerprint density at radius 2 is 0.552 bits per heavy atom. The highest BCUT2D eigenvalue weighted by Crippen LogP contribution is 2.23. The number of carbonyl (C=O) groups excluding carboxylic acids is 2. The summed E-state index contributed by atoms with van der Waals surface area (Å²) in [5, 5.41) is 11.4. The van der Waals surface area contributed by atoms with Crippen molar-refractivity contribution >= 4 is 47.3 Å². The zero-order valence-electron chi connectivity index (χ0n) is 39.3. The van der Waals surface area contributed by atoms with Crippen LogP contribution in [0.3, 0.4) is 0 Å². The number of hydrogen-bond acceptors (Lipinski definition) is 14. The Morgan fingerprint density at radius 1 is 0.345 bits per heavy atom. The van der Waals surface area contributed by atoms with Gasteiger partial charge in [-0.3, -0.25) is 0 Å². The summed E-state index contributed by atoms with van der Waals surface area (Å²) in [5.74, 6) is 0. The van der Waals surface area contributed by atoms with Crippen LogP contribution < -0.4 is 21.3 Å². The van der Waals surface area contributed by atoms with E-state index in [0.29, 0.717) is 63.2 Å². The van der Waals surface area contributed by atoms with Gasteiger partial charge in [0, 0.05) is 130 Å². The molecule has 348 valence electrons. The summed E-state index contributed by atoms with van der Waals surface area (Å²) < 4.78 is 68.9. The standard InChI is InChI=1S/C23H52N2O7Si2.C13H32N2O7Si2/c1-17(2)27-33(28-18(3)4,29-19(5)6)15-13-24-23(26)25-14-16-34(30-20(7)8,31-21(9)10)32-22(11)12;1-17-23(18-2,19-3)11-7-9-14-13(16)15-10-8-12-24(20-4,21-5)22-6/h17-22H,13-16H2,1-12H3,(H2,24,25,26);7-12H2,1-6H3,(H2,14,15,16). The highest BCUT2D eigenvalue weighted by Gasteiger charge is 2.45. The van der Waals surface area contributed by atoms with Crippen LogP contribution in [-0.2, 0) is 53.1 Å². The van der Waals surface area contributed by atoms with E-state index in [9.17, 15) is 9.59 Å². The van der Waals surface area contributed by atoms with Crippen LogP contribution in [0.4, 0.5) is 9.59 Å². The summed E-state index contributed by atoms with van der Waals surface area (Å²) >= 11 is 0. The first-order valence-corrected chi connectivity index (χ1v) is 28.2. The Balaban J connectivity index is 0. The average molecular weight is 909 g/mol. The molecule has 4 amide bonds. The van der Waals surface area contributed by atoms with E-state index < -0.39 is 35.2 Å². The lowest BCUT2D eigenvalue weighted by Crippen LogP contribution is -2.54. The van der Waals surface area contributed by atoms with E-state index in [1.807, 2.05) is 83.1 Å². The fourth-order valence-corrected chi connectivity index (χ4v) is 15.2. The van der Waals surface area contributed by atoms with E-state index in [1.54, 1.807) is 42.7 Å². The second-order valence-electron chi connectivity index (χ2n) is 15.0. The van der Waals surface area contributed by atoms with Crippen molar-refractivity contribution in [1.29, 1.82) is 0 Å². The smallest absolute Gasteiger partial charge is 0.377 e. The minimum atomic E-state index is -2.96. The Bertz CT molecular complexity index is 914. The highest BCUT2D eigenvalue weighted by molar-refractivity contribution is 6.62. The molecule has 18 nitrogen and oxygen atoms in total. The van der Waals surface area contributed by atoms with Crippen molar-refractivity contribution in [1.82, 2.24) is 21.3 Å². The number of amides is 4. The fraction of sp³-hybridized carbons (Fsp3) is 0.944. The predicted octanol–water partition coefficient (Wildman–Crippen LogP) is 5.54. The monoisotopic (exact) mass is 909 g/mol. The van der Waals surface area contributed by atoms with Crippen molar-refractivity contribution in [2.75, 3.05) is 68.8 Å². The van der Waals surface area contributed by atoms with Crippen molar-refractivity contribution in [3.8, 4) is 0 Å². The molecule has 0 aromatic rings. The molecule has 0 saturated heterocycles. The molecular formula is C36H84N4O14Si4. The molecule has 0 fully saturated rings. The molecule has 0 aliphatic carbocycles. The van der Waals surface area contributed by atoms with Gasteiger partial charge in [-0.05, 0) is 95.9 Å². The van der Waals surface area contributed by atoms with Crippen molar-refractivity contribution in [3.05, 3.63) is 0 Å². The van der Waals surface area contributed by atoms with E-state index >= 15 is 0 Å². The van der Waals surface area contributed by atoms with Crippen molar-refractivity contribution in [2.45, 2.75) is 157 Å². The maximum absolute atomic E-state index is 12.5. The minimum Gasteiger partial charge on any atom is -0.377 e. The zero-order valence-corrected chi connectivity index (χ0v) is 43.3. The minimum absolute atomic E-state index is 0.0426. The molecule has 4 N–H and O–H groups in total. The number of hydrogen-bond donors (Lipinski definition) is 4. The van der Waals surface area contributed by atoms with Crippen LogP contribution in [-0.4, -0.2) is 153 Å². The van der Waals surface area contributed by atoms with Crippen LogP contribution in [0.15, 0.2) is 0 Å². The van der Waals surface area contributed by atoms with E-state index in [-0.39, 0.29) is 48.7 Å². The van der Waals surface area contributed by atoms with Crippen LogP contribution in [0.5, 0.6) is 0 Å². The number of rotatable bonds is 32. The molecular weight excluding hydrogens is 825 g/mol. The van der Waals surface area contributed by atoms with Crippen molar-refractivity contribution < 1.29 is 62.7 Å². The van der Waals surface area contributed by atoms with Gasteiger partial charge < -0.3 is 74.4 Å². The first-order valence-electron chi connectivity index (χ1n) is 20.5. The zero-order chi connectivity index (χ0) is 45.0. The molecule has 0 unspecified atom stereocenters. The lowest BCUT2D eigenvalue weighted by atomic mass is 10.4. The Hall–Kier alpha value is -1.07. The van der Waals surface area contributed by atoms with Crippen molar-refractivity contribution in [3.63, 3.8) is 0 Å². The summed E-state index contributed by atoms with van der Waals surface area (Å²) in [6.07, 6.45) is 1.17. The van der Waals surface area contributed by atoms with Crippen LogP contribution >= 0.6 is 0 Å². The maximum Gasteiger partial charge on any atom is 0.503 e. The molecule has 0 spiro atoms. The lowest BCUT2D eigenvalue weighted by Gasteiger charge is -2.35. The molecule has 0 atom stereocenters. The van der Waals surface area contributed by atoms with Gasteiger partial charge in [-0.25, -0.2) is 9.59 Å². The molecule has 22 heteroatoms. The van der Waals surface area contributed by atoms with Crippen LogP contribution in [0.25, 0.3) is 0 Å². The Kier molecular flexibility index (Phi) is 32.3. The largest absolute Gasteiger partial charge is 0.503 e. The van der Waals surface area contributed by atoms with Crippen LogP contribution in [0.1, 0.15) is 95.9 Å². The average Bonchev–Trinajstić information content (AvgIpc) is 3.11. The molecule has 0 aromatic heterocycles. The number of nitrogens with one attached hydrogen (secondary N) is 4. The number of carbonyl (C=O) groups is 2. The van der Waals surface area contributed by atoms with Gasteiger partial charge in [0.1, 0.15) is 0 Å². The summed E-state index contributed by atoms with van der Waals surface area (Å²) in [7, 11) is -1.62. The quantitative estimate of drug-likeness (QED) is 0.0486. The van der Waals surface area contributed by atoms with Gasteiger partial charge in [-0.15, -0.1) is 0 Å². The molecule has 0 heterocycles. The van der Waals surface area contributed by atoms with E-state index in [4.69, 9.17) is 53.1 Å². The van der Waals surface area contributed by atoms with Gasteiger partial charge in [0.25, 0.3) is 0 Å². The third kappa shape index (κ3) is 27.0. The molecule has 0 aliphatic heterocycles. The summed E-state index contributed by atoms with van der Waals surface area (Å²) in [5.41, 5.74) is 0. The van der Waals surface area contributed by atoms with Crippen LogP contribution in [0.2, 0.25) is 24.2 Å². The first kappa shape index (κ1) is 59.0. The maximum atomic E-state index is 12.5. The SMILES string of the molecule is CC(C)O[Si](CCNC(=O)NCC[Si](OC(C)C)(OC(C)C)OC(C)C)(OC(C)C)OC(C)C.CO[Si](CCCNC(=O)NCCC[Si](OC)(OC)OC)(OC)OC. The van der Waals surface area contributed by atoms with Gasteiger partial charge in [0.05, 0.1) is 0 Å². The normalized spacial score (nSPS) is 12.8. The van der Waals surface area contributed by atoms with Gasteiger partial charge >= 0.3 is 47.3 Å². The summed E-state index contributed by atoms with van der Waals surface area (Å²) in [6, 6.07) is 1.76. The molecule has 0 radical (unpaired) electrons. The molecule has 0 saturated carbocycles. The Morgan fingerprint density at radius 3 is 0.741 bits per heavy atom. The van der Waals surface area contributed by atoms with E-state index in [1.165, 1.54) is 0 Å². The van der Waals surface area contributed by atoms with Crippen molar-refractivity contribution in [2.24, 2.45) is 0 Å². The highest BCUT2D eigenvalue weighted by atomic mass is 28.4. The molecule has 0 aromatic carbocycles. The first-order chi connectivity index (χ1) is 27.1. The van der Waals surface area contributed by atoms with Gasteiger partial charge in [0.15, 0.2) is 0 Å². The second-order valence-corrected chi connectivity index (χ2v) is 26.4. The molecule has 0 aliphatic rings. The summed E-state index contributed by atoms with van der Waals surface area (Å²) in [6.45, 7) is 25.3. The second kappa shape index (κ2) is 31.7. The third-order valence-corrected chi connectivity index (χ3v) is 20.1. The lowest BCUT2D eigenvalue weighted by molar-refractivity contribution is 0.00252. The molecule has 0 rings (SSSR count). The van der Waals surface area contributed by atoms with Crippen LogP contribution in [0, 0.1) is 0 Å². The summed E-state index contributed by atoms with van der Waals surface area (Å²) in [4.78, 5) is 24.2. The molecule has 58 heavy (non-hydrogen) atoms.